The molecule has 2 nitrogen and oxygen atoms in total. The fourth-order valence-electron chi connectivity index (χ4n) is 0.804. The van der Waals surface area contributed by atoms with Gasteiger partial charge in [0.1, 0.15) is 11.8 Å². The van der Waals surface area contributed by atoms with Gasteiger partial charge >= 0.3 is 0 Å². The van der Waals surface area contributed by atoms with Crippen LogP contribution in [0.5, 0.6) is 5.75 Å². The van der Waals surface area contributed by atoms with E-state index in [4.69, 9.17) is 10.00 Å². The van der Waals surface area contributed by atoms with E-state index in [0.717, 1.165) is 3.57 Å². The first-order valence-corrected chi connectivity index (χ1v) is 4.10. The molecule has 0 aliphatic heterocycles. The molecule has 0 bridgehead atoms. The van der Waals surface area contributed by atoms with Crippen molar-refractivity contribution in [2.45, 2.75) is 0 Å². The van der Waals surface area contributed by atoms with Gasteiger partial charge in [0.05, 0.1) is 16.2 Å². The Hall–Kier alpha value is -0.760. The monoisotopic (exact) mass is 259 g/mol. The third-order valence-electron chi connectivity index (χ3n) is 1.29. The maximum absolute atomic E-state index is 8.64. The second kappa shape index (κ2) is 3.58. The number of hydrogen-bond donors (Lipinski definition) is 0. The Morgan fingerprint density at radius 1 is 1.55 bits per heavy atom. The molecular formula is C8H6INO. The molecule has 0 aromatic heterocycles. The quantitative estimate of drug-likeness (QED) is 0.724. The van der Waals surface area contributed by atoms with Crippen molar-refractivity contribution in [2.24, 2.45) is 0 Å². The average molecular weight is 259 g/mol. The Morgan fingerprint density at radius 2 is 2.27 bits per heavy atom. The molecular weight excluding hydrogens is 253 g/mol. The molecule has 0 N–H and O–H groups in total. The number of hydrogen-bond acceptors (Lipinski definition) is 2. The third kappa shape index (κ3) is 1.63. The van der Waals surface area contributed by atoms with Crippen LogP contribution in [0.4, 0.5) is 0 Å². The fourth-order valence-corrected chi connectivity index (χ4v) is 1.52. The molecule has 0 heterocycles. The summed E-state index contributed by atoms with van der Waals surface area (Å²) in [7, 11) is 1.57. The number of para-hydroxylation sites is 1. The zero-order valence-corrected chi connectivity index (χ0v) is 8.12. The molecule has 0 aliphatic rings. The Balaban J connectivity index is 3.27. The lowest BCUT2D eigenvalue weighted by molar-refractivity contribution is 0.410. The van der Waals surface area contributed by atoms with Crippen molar-refractivity contribution in [1.29, 1.82) is 5.26 Å². The van der Waals surface area contributed by atoms with Gasteiger partial charge in [-0.15, -0.1) is 0 Å². The van der Waals surface area contributed by atoms with Crippen molar-refractivity contribution in [1.82, 2.24) is 0 Å². The van der Waals surface area contributed by atoms with Crippen molar-refractivity contribution >= 4 is 22.6 Å². The van der Waals surface area contributed by atoms with Crippen LogP contribution in [0, 0.1) is 14.9 Å². The van der Waals surface area contributed by atoms with Crippen molar-refractivity contribution in [3.8, 4) is 11.8 Å². The largest absolute Gasteiger partial charge is 0.494 e. The molecule has 0 aliphatic carbocycles. The molecule has 3 heteroatoms. The molecule has 0 atom stereocenters. The number of methoxy groups -OCH3 is 1. The molecule has 0 amide bonds. The topological polar surface area (TPSA) is 33.0 Å². The van der Waals surface area contributed by atoms with E-state index in [-0.39, 0.29) is 0 Å². The van der Waals surface area contributed by atoms with E-state index in [1.165, 1.54) is 0 Å². The van der Waals surface area contributed by atoms with Crippen molar-refractivity contribution in [3.63, 3.8) is 0 Å². The second-order valence-electron chi connectivity index (χ2n) is 1.93. The first-order valence-electron chi connectivity index (χ1n) is 3.02. The summed E-state index contributed by atoms with van der Waals surface area (Å²) in [6.07, 6.45) is 0. The number of benzene rings is 1. The molecule has 0 spiro atoms. The van der Waals surface area contributed by atoms with E-state index in [2.05, 4.69) is 28.7 Å². The lowest BCUT2D eigenvalue weighted by Crippen LogP contribution is -1.89. The van der Waals surface area contributed by atoms with Crippen molar-refractivity contribution in [2.75, 3.05) is 7.11 Å². The van der Waals surface area contributed by atoms with Crippen LogP contribution in [0.15, 0.2) is 18.2 Å². The van der Waals surface area contributed by atoms with E-state index in [9.17, 15) is 0 Å². The summed E-state index contributed by atoms with van der Waals surface area (Å²) in [6, 6.07) is 7.53. The zero-order chi connectivity index (χ0) is 8.27. The maximum Gasteiger partial charge on any atom is 0.149 e. The third-order valence-corrected chi connectivity index (χ3v) is 2.14. The zero-order valence-electron chi connectivity index (χ0n) is 5.97. The Morgan fingerprint density at radius 3 is 2.73 bits per heavy atom. The Labute approximate surface area is 78.9 Å². The summed E-state index contributed by atoms with van der Waals surface area (Å²) in [5.41, 5.74) is 0.583. The molecule has 1 aromatic carbocycles. The van der Waals surface area contributed by atoms with Gasteiger partial charge in [0.25, 0.3) is 0 Å². The van der Waals surface area contributed by atoms with E-state index < -0.39 is 0 Å². The highest BCUT2D eigenvalue weighted by molar-refractivity contribution is 14.1. The average Bonchev–Trinajstić information content (AvgIpc) is 2.04. The normalized spacial score (nSPS) is 8.82. The summed E-state index contributed by atoms with van der Waals surface area (Å²) in [4.78, 5) is 0. The lowest BCUT2D eigenvalue weighted by atomic mass is 10.2. The van der Waals surface area contributed by atoms with E-state index in [0.29, 0.717) is 11.3 Å². The minimum atomic E-state index is 0.583. The van der Waals surface area contributed by atoms with Gasteiger partial charge in [0, 0.05) is 0 Å². The predicted octanol–water partition coefficient (Wildman–Crippen LogP) is 2.17. The lowest BCUT2D eigenvalue weighted by Gasteiger charge is -2.03. The Kier molecular flexibility index (Phi) is 2.71. The molecule has 56 valence electrons. The van der Waals surface area contributed by atoms with Crippen molar-refractivity contribution in [3.05, 3.63) is 27.3 Å². The second-order valence-corrected chi connectivity index (χ2v) is 3.09. The maximum atomic E-state index is 8.64. The summed E-state index contributed by atoms with van der Waals surface area (Å²) in [6.45, 7) is 0. The van der Waals surface area contributed by atoms with Gasteiger partial charge in [-0.2, -0.15) is 5.26 Å². The van der Waals surface area contributed by atoms with Gasteiger partial charge in [-0.1, -0.05) is 6.07 Å². The Bertz CT molecular complexity index is 303. The number of ether oxygens (including phenoxy) is 1. The molecule has 0 fully saturated rings. The fraction of sp³-hybridized carbons (Fsp3) is 0.125. The molecule has 0 saturated carbocycles. The standard InChI is InChI=1S/C8H6INO/c1-11-8-6(5-10)3-2-4-7(8)9/h2-4H,1H3. The molecule has 0 saturated heterocycles. The summed E-state index contributed by atoms with van der Waals surface area (Å²) < 4.78 is 6.00. The number of halogens is 1. The van der Waals surface area contributed by atoms with Gasteiger partial charge < -0.3 is 4.74 Å². The van der Waals surface area contributed by atoms with Crippen LogP contribution < -0.4 is 4.74 Å². The molecule has 0 radical (unpaired) electrons. The van der Waals surface area contributed by atoms with E-state index >= 15 is 0 Å². The van der Waals surface area contributed by atoms with Gasteiger partial charge in [-0.3, -0.25) is 0 Å². The van der Waals surface area contributed by atoms with Crippen LogP contribution in [0.2, 0.25) is 0 Å². The van der Waals surface area contributed by atoms with Crippen LogP contribution in [-0.4, -0.2) is 7.11 Å². The van der Waals surface area contributed by atoms with Gasteiger partial charge in [0.15, 0.2) is 0 Å². The molecule has 1 rings (SSSR count). The predicted molar refractivity (Wildman–Crippen MR) is 50.4 cm³/mol. The smallest absolute Gasteiger partial charge is 0.149 e. The van der Waals surface area contributed by atoms with Crippen LogP contribution >= 0.6 is 22.6 Å². The summed E-state index contributed by atoms with van der Waals surface area (Å²) >= 11 is 2.13. The highest BCUT2D eigenvalue weighted by atomic mass is 127. The van der Waals surface area contributed by atoms with Gasteiger partial charge in [-0.25, -0.2) is 0 Å². The SMILES string of the molecule is COc1c(I)cccc1C#N. The van der Waals surface area contributed by atoms with Crippen LogP contribution in [0.1, 0.15) is 5.56 Å². The molecule has 11 heavy (non-hydrogen) atoms. The van der Waals surface area contributed by atoms with Crippen LogP contribution in [0.3, 0.4) is 0 Å². The van der Waals surface area contributed by atoms with Crippen LogP contribution in [-0.2, 0) is 0 Å². The molecule has 0 unspecified atom stereocenters. The summed E-state index contributed by atoms with van der Waals surface area (Å²) in [5, 5.41) is 8.64. The van der Waals surface area contributed by atoms with Gasteiger partial charge in [-0.05, 0) is 34.7 Å². The van der Waals surface area contributed by atoms with Crippen LogP contribution in [0.25, 0.3) is 0 Å². The first kappa shape index (κ1) is 8.34. The number of nitrogens with zero attached hydrogens (tertiary/aromatic N) is 1. The van der Waals surface area contributed by atoms with E-state index in [1.807, 2.05) is 12.1 Å². The highest BCUT2D eigenvalue weighted by Crippen LogP contribution is 2.23. The van der Waals surface area contributed by atoms with Gasteiger partial charge in [0.2, 0.25) is 0 Å². The summed E-state index contributed by atoms with van der Waals surface area (Å²) in [5.74, 6) is 0.663. The van der Waals surface area contributed by atoms with E-state index in [1.54, 1.807) is 13.2 Å². The minimum Gasteiger partial charge on any atom is -0.494 e. The number of nitriles is 1. The minimum absolute atomic E-state index is 0.583. The van der Waals surface area contributed by atoms with Crippen molar-refractivity contribution < 1.29 is 4.74 Å². The molecule has 1 aromatic rings. The first-order chi connectivity index (χ1) is 5.29. The number of rotatable bonds is 1. The highest BCUT2D eigenvalue weighted by Gasteiger charge is 2.04.